The number of hydrogen-bond acceptors (Lipinski definition) is 6. The number of aromatic nitrogens is 2. The number of ether oxygens (including phenoxy) is 1. The lowest BCUT2D eigenvalue weighted by Crippen LogP contribution is -2.29. The molecule has 1 heterocycles. The van der Waals surface area contributed by atoms with E-state index in [1.54, 1.807) is 13.2 Å². The van der Waals surface area contributed by atoms with Crippen molar-refractivity contribution in [2.24, 2.45) is 0 Å². The molecule has 1 rings (SSSR count). The van der Waals surface area contributed by atoms with Crippen LogP contribution in [0.5, 0.6) is 0 Å². The fraction of sp³-hybridized carbons (Fsp3) is 0.636. The van der Waals surface area contributed by atoms with Gasteiger partial charge in [0.25, 0.3) is 0 Å². The van der Waals surface area contributed by atoms with E-state index in [9.17, 15) is 0 Å². The van der Waals surface area contributed by atoms with Gasteiger partial charge in [0.05, 0.1) is 19.3 Å². The van der Waals surface area contributed by atoms with Crippen molar-refractivity contribution in [2.45, 2.75) is 25.8 Å². The number of nitrogens with two attached hydrogens (primary N) is 1. The van der Waals surface area contributed by atoms with Gasteiger partial charge < -0.3 is 20.9 Å². The number of aliphatic hydroxyl groups excluding tert-OH is 1. The minimum atomic E-state index is -0.191. The van der Waals surface area contributed by atoms with Gasteiger partial charge in [-0.05, 0) is 6.42 Å². The number of rotatable bonds is 7. The Morgan fingerprint density at radius 2 is 2.29 bits per heavy atom. The summed E-state index contributed by atoms with van der Waals surface area (Å²) >= 11 is 0. The molecule has 1 aromatic rings. The maximum absolute atomic E-state index is 9.14. The smallest absolute Gasteiger partial charge is 0.133 e. The van der Waals surface area contributed by atoms with Gasteiger partial charge in [0.2, 0.25) is 0 Å². The van der Waals surface area contributed by atoms with E-state index in [1.807, 2.05) is 0 Å². The molecular weight excluding hydrogens is 220 g/mol. The zero-order valence-electron chi connectivity index (χ0n) is 10.3. The van der Waals surface area contributed by atoms with Crippen LogP contribution in [0, 0.1) is 0 Å². The largest absolute Gasteiger partial charge is 0.394 e. The molecular formula is C11H20N4O2. The van der Waals surface area contributed by atoms with Crippen LogP contribution in [0.3, 0.4) is 0 Å². The Bertz CT molecular complexity index is 346. The molecule has 0 fully saturated rings. The maximum Gasteiger partial charge on any atom is 0.133 e. The second-order valence-electron chi connectivity index (χ2n) is 3.82. The third-order valence-corrected chi connectivity index (χ3v) is 2.21. The molecule has 1 atom stereocenters. The Kier molecular flexibility index (Phi) is 5.65. The highest BCUT2D eigenvalue weighted by atomic mass is 16.5. The van der Waals surface area contributed by atoms with Gasteiger partial charge in [-0.1, -0.05) is 6.92 Å². The predicted molar refractivity (Wildman–Crippen MR) is 66.8 cm³/mol. The molecule has 1 unspecified atom stereocenters. The Labute approximate surface area is 101 Å². The number of nitrogens with one attached hydrogen (secondary N) is 1. The maximum atomic E-state index is 9.14. The predicted octanol–water partition coefficient (Wildman–Crippen LogP) is 0.430. The fourth-order valence-electron chi connectivity index (χ4n) is 1.48. The molecule has 0 aromatic carbocycles. The molecule has 6 heteroatoms. The third kappa shape index (κ3) is 4.54. The van der Waals surface area contributed by atoms with Crippen molar-refractivity contribution >= 4 is 11.6 Å². The van der Waals surface area contributed by atoms with Gasteiger partial charge in [-0.2, -0.15) is 0 Å². The van der Waals surface area contributed by atoms with Gasteiger partial charge in [0, 0.05) is 19.6 Å². The average molecular weight is 240 g/mol. The summed E-state index contributed by atoms with van der Waals surface area (Å²) in [4.78, 5) is 8.46. The summed E-state index contributed by atoms with van der Waals surface area (Å²) in [7, 11) is 1.58. The molecule has 6 nitrogen and oxygen atoms in total. The van der Waals surface area contributed by atoms with E-state index >= 15 is 0 Å². The number of hydrogen-bond donors (Lipinski definition) is 3. The number of aliphatic hydroxyl groups is 1. The first-order valence-electron chi connectivity index (χ1n) is 5.69. The van der Waals surface area contributed by atoms with Crippen LogP contribution in [0.25, 0.3) is 0 Å². The third-order valence-electron chi connectivity index (χ3n) is 2.21. The molecule has 96 valence electrons. The fourth-order valence-corrected chi connectivity index (χ4v) is 1.48. The lowest BCUT2D eigenvalue weighted by Gasteiger charge is -2.16. The summed E-state index contributed by atoms with van der Waals surface area (Å²) in [5.41, 5.74) is 5.70. The Balaban J connectivity index is 2.75. The summed E-state index contributed by atoms with van der Waals surface area (Å²) in [5.74, 6) is 1.77. The van der Waals surface area contributed by atoms with Gasteiger partial charge in [0.1, 0.15) is 17.5 Å². The zero-order valence-corrected chi connectivity index (χ0v) is 10.3. The van der Waals surface area contributed by atoms with E-state index < -0.39 is 0 Å². The number of anilines is 2. The highest BCUT2D eigenvalue weighted by molar-refractivity contribution is 5.45. The van der Waals surface area contributed by atoms with Gasteiger partial charge in [-0.3, -0.25) is 0 Å². The topological polar surface area (TPSA) is 93.3 Å². The molecule has 0 radical (unpaired) electrons. The second kappa shape index (κ2) is 7.03. The van der Waals surface area contributed by atoms with Crippen molar-refractivity contribution in [3.05, 3.63) is 11.9 Å². The molecule has 1 aromatic heterocycles. The number of methoxy groups -OCH3 is 1. The van der Waals surface area contributed by atoms with E-state index in [0.29, 0.717) is 24.1 Å². The second-order valence-corrected chi connectivity index (χ2v) is 3.82. The highest BCUT2D eigenvalue weighted by Gasteiger charge is 2.09. The van der Waals surface area contributed by atoms with Crippen molar-refractivity contribution < 1.29 is 9.84 Å². The molecule has 17 heavy (non-hydrogen) atoms. The number of nitrogen functional groups attached to an aromatic ring is 1. The zero-order chi connectivity index (χ0) is 12.7. The minimum absolute atomic E-state index is 0.0269. The minimum Gasteiger partial charge on any atom is -0.394 e. The van der Waals surface area contributed by atoms with Crippen molar-refractivity contribution in [1.82, 2.24) is 9.97 Å². The van der Waals surface area contributed by atoms with Gasteiger partial charge in [-0.15, -0.1) is 0 Å². The first kappa shape index (κ1) is 13.7. The molecule has 0 aliphatic rings. The van der Waals surface area contributed by atoms with Crippen molar-refractivity contribution in [3.63, 3.8) is 0 Å². The molecule has 0 aliphatic carbocycles. The molecule has 0 saturated carbocycles. The first-order valence-corrected chi connectivity index (χ1v) is 5.69. The quantitative estimate of drug-likeness (QED) is 0.640. The van der Waals surface area contributed by atoms with Gasteiger partial charge in [0.15, 0.2) is 0 Å². The summed E-state index contributed by atoms with van der Waals surface area (Å²) in [6.07, 6.45) is 1.75. The van der Waals surface area contributed by atoms with Crippen LogP contribution < -0.4 is 11.1 Å². The van der Waals surface area contributed by atoms with E-state index in [2.05, 4.69) is 22.2 Å². The summed E-state index contributed by atoms with van der Waals surface area (Å²) in [6, 6.07) is 1.46. The number of aryl methyl sites for hydroxylation is 1. The molecule has 0 saturated heterocycles. The van der Waals surface area contributed by atoms with Crippen molar-refractivity contribution in [2.75, 3.05) is 31.4 Å². The Hall–Kier alpha value is -1.40. The van der Waals surface area contributed by atoms with Crippen molar-refractivity contribution in [3.8, 4) is 0 Å². The van der Waals surface area contributed by atoms with Crippen LogP contribution in [-0.2, 0) is 11.2 Å². The molecule has 0 bridgehead atoms. The van der Waals surface area contributed by atoms with Crippen LogP contribution in [0.4, 0.5) is 11.6 Å². The standard InChI is InChI=1S/C11H20N4O2/c1-3-4-10-14-9(12)5-11(15-10)13-8(6-16)7-17-2/h5,8,16H,3-4,6-7H2,1-2H3,(H3,12,13,14,15). The Morgan fingerprint density at radius 1 is 1.53 bits per heavy atom. The summed E-state index contributed by atoms with van der Waals surface area (Å²) in [5, 5.41) is 12.2. The number of nitrogens with zero attached hydrogens (tertiary/aromatic N) is 2. The summed E-state index contributed by atoms with van der Waals surface area (Å²) < 4.78 is 4.98. The molecule has 4 N–H and O–H groups in total. The molecule has 0 amide bonds. The van der Waals surface area contributed by atoms with E-state index in [0.717, 1.165) is 12.8 Å². The summed E-state index contributed by atoms with van der Waals surface area (Å²) in [6.45, 7) is 2.44. The van der Waals surface area contributed by atoms with Crippen molar-refractivity contribution in [1.29, 1.82) is 0 Å². The van der Waals surface area contributed by atoms with Gasteiger partial charge in [-0.25, -0.2) is 9.97 Å². The van der Waals surface area contributed by atoms with Crippen LogP contribution >= 0.6 is 0 Å². The SMILES string of the molecule is CCCc1nc(N)cc(NC(CO)COC)n1. The molecule has 0 spiro atoms. The average Bonchev–Trinajstić information content (AvgIpc) is 2.28. The normalized spacial score (nSPS) is 12.4. The van der Waals surface area contributed by atoms with E-state index in [-0.39, 0.29) is 12.6 Å². The Morgan fingerprint density at radius 3 is 2.88 bits per heavy atom. The van der Waals surface area contributed by atoms with Crippen LogP contribution in [0.1, 0.15) is 19.2 Å². The highest BCUT2D eigenvalue weighted by Crippen LogP contribution is 2.10. The first-order chi connectivity index (χ1) is 8.19. The van der Waals surface area contributed by atoms with E-state index in [1.165, 1.54) is 0 Å². The lowest BCUT2D eigenvalue weighted by molar-refractivity contribution is 0.153. The van der Waals surface area contributed by atoms with Crippen LogP contribution in [0.15, 0.2) is 6.07 Å². The van der Waals surface area contributed by atoms with Crippen LogP contribution in [0.2, 0.25) is 0 Å². The molecule has 0 aliphatic heterocycles. The lowest BCUT2D eigenvalue weighted by atomic mass is 10.3. The monoisotopic (exact) mass is 240 g/mol. The van der Waals surface area contributed by atoms with Crippen LogP contribution in [-0.4, -0.2) is 41.4 Å². The van der Waals surface area contributed by atoms with Gasteiger partial charge >= 0.3 is 0 Å². The van der Waals surface area contributed by atoms with E-state index in [4.69, 9.17) is 15.6 Å².